The maximum absolute atomic E-state index is 5.09. The van der Waals surface area contributed by atoms with Crippen LogP contribution in [0.2, 0.25) is 0 Å². The topological polar surface area (TPSA) is 37.4 Å². The Morgan fingerprint density at radius 1 is 1.48 bits per heavy atom. The molecule has 1 aromatic rings. The van der Waals surface area contributed by atoms with Crippen molar-refractivity contribution in [2.75, 3.05) is 32.2 Å². The van der Waals surface area contributed by atoms with Gasteiger partial charge in [-0.15, -0.1) is 11.3 Å². The first-order valence-corrected chi connectivity index (χ1v) is 8.91. The lowest BCUT2D eigenvalue weighted by Crippen LogP contribution is -2.28. The van der Waals surface area contributed by atoms with Crippen molar-refractivity contribution >= 4 is 16.5 Å². The van der Waals surface area contributed by atoms with Crippen LogP contribution in [-0.2, 0) is 11.3 Å². The van der Waals surface area contributed by atoms with Crippen LogP contribution in [0.4, 0.5) is 5.13 Å². The third-order valence-corrected chi connectivity index (χ3v) is 5.28. The van der Waals surface area contributed by atoms with E-state index in [4.69, 9.17) is 9.72 Å². The number of hydrogen-bond donors (Lipinski definition) is 1. The van der Waals surface area contributed by atoms with Gasteiger partial charge in [-0.1, -0.05) is 13.3 Å². The van der Waals surface area contributed by atoms with Gasteiger partial charge in [-0.2, -0.15) is 0 Å². The van der Waals surface area contributed by atoms with E-state index in [-0.39, 0.29) is 0 Å². The summed E-state index contributed by atoms with van der Waals surface area (Å²) in [5.74, 6) is 0.712. The van der Waals surface area contributed by atoms with E-state index in [9.17, 15) is 0 Å². The molecule has 21 heavy (non-hydrogen) atoms. The van der Waals surface area contributed by atoms with Crippen LogP contribution < -0.4 is 10.2 Å². The minimum atomic E-state index is 0.558. The van der Waals surface area contributed by atoms with Gasteiger partial charge in [0.25, 0.3) is 0 Å². The molecule has 0 spiro atoms. The molecule has 120 valence electrons. The van der Waals surface area contributed by atoms with Gasteiger partial charge in [0.1, 0.15) is 0 Å². The average molecular weight is 311 g/mol. The summed E-state index contributed by atoms with van der Waals surface area (Å²) in [7, 11) is 3.92. The molecule has 1 unspecified atom stereocenters. The first kappa shape index (κ1) is 16.7. The molecule has 5 heteroatoms. The monoisotopic (exact) mass is 311 g/mol. The van der Waals surface area contributed by atoms with Gasteiger partial charge in [-0.05, 0) is 26.2 Å². The van der Waals surface area contributed by atoms with Crippen molar-refractivity contribution in [2.45, 2.75) is 58.0 Å². The van der Waals surface area contributed by atoms with E-state index in [1.165, 1.54) is 41.4 Å². The summed E-state index contributed by atoms with van der Waals surface area (Å²) in [6.45, 7) is 7.11. The van der Waals surface area contributed by atoms with Gasteiger partial charge in [0.2, 0.25) is 0 Å². The zero-order chi connectivity index (χ0) is 15.2. The molecule has 1 aliphatic rings. The molecule has 1 saturated carbocycles. The molecule has 0 radical (unpaired) electrons. The van der Waals surface area contributed by atoms with Gasteiger partial charge in [0, 0.05) is 44.1 Å². The van der Waals surface area contributed by atoms with Crippen molar-refractivity contribution in [3.8, 4) is 0 Å². The fourth-order valence-electron chi connectivity index (χ4n) is 2.48. The van der Waals surface area contributed by atoms with Gasteiger partial charge in [-0.25, -0.2) is 4.98 Å². The first-order chi connectivity index (χ1) is 10.2. The van der Waals surface area contributed by atoms with E-state index in [1.807, 2.05) is 11.3 Å². The Bertz CT molecular complexity index is 431. The maximum atomic E-state index is 5.09. The zero-order valence-electron chi connectivity index (χ0n) is 13.8. The van der Waals surface area contributed by atoms with Crippen LogP contribution in [0.25, 0.3) is 0 Å². The number of nitrogens with one attached hydrogen (secondary N) is 1. The Morgan fingerprint density at radius 3 is 2.86 bits per heavy atom. The number of hydrogen-bond acceptors (Lipinski definition) is 5. The van der Waals surface area contributed by atoms with Crippen LogP contribution in [0.3, 0.4) is 0 Å². The van der Waals surface area contributed by atoms with Crippen molar-refractivity contribution in [2.24, 2.45) is 0 Å². The highest BCUT2D eigenvalue weighted by molar-refractivity contribution is 7.15. The minimum absolute atomic E-state index is 0.558. The fourth-order valence-corrected chi connectivity index (χ4v) is 3.66. The third-order valence-electron chi connectivity index (χ3n) is 4.12. The molecule has 0 aromatic carbocycles. The zero-order valence-corrected chi connectivity index (χ0v) is 14.6. The minimum Gasteiger partial charge on any atom is -0.383 e. The molecule has 1 aliphatic carbocycles. The Hall–Kier alpha value is -0.650. The summed E-state index contributed by atoms with van der Waals surface area (Å²) in [6, 6.07) is 0.558. The van der Waals surface area contributed by atoms with E-state index in [2.05, 4.69) is 31.1 Å². The predicted molar refractivity (Wildman–Crippen MR) is 90.4 cm³/mol. The van der Waals surface area contributed by atoms with Crippen LogP contribution in [0.15, 0.2) is 0 Å². The van der Waals surface area contributed by atoms with Gasteiger partial charge >= 0.3 is 0 Å². The molecule has 0 bridgehead atoms. The first-order valence-electron chi connectivity index (χ1n) is 8.09. The standard InChI is InChI=1S/C16H29N3OS/c1-5-6-12(2)19(3)16-18-15(13-7-8-13)14(21-16)11-17-9-10-20-4/h12-13,17H,5-11H2,1-4H3. The van der Waals surface area contributed by atoms with Gasteiger partial charge in [0.15, 0.2) is 5.13 Å². The summed E-state index contributed by atoms with van der Waals surface area (Å²) in [6.07, 6.45) is 5.05. The van der Waals surface area contributed by atoms with Gasteiger partial charge < -0.3 is 15.0 Å². The lowest BCUT2D eigenvalue weighted by atomic mass is 10.2. The van der Waals surface area contributed by atoms with E-state index in [0.717, 1.165) is 19.7 Å². The quantitative estimate of drug-likeness (QED) is 0.672. The molecule has 1 N–H and O–H groups in total. The smallest absolute Gasteiger partial charge is 0.185 e. The number of methoxy groups -OCH3 is 1. The highest BCUT2D eigenvalue weighted by atomic mass is 32.1. The number of nitrogens with zero attached hydrogens (tertiary/aromatic N) is 2. The van der Waals surface area contributed by atoms with Crippen LogP contribution in [0.1, 0.15) is 56.0 Å². The predicted octanol–water partition coefficient (Wildman–Crippen LogP) is 3.38. The molecule has 0 aliphatic heterocycles. The van der Waals surface area contributed by atoms with E-state index in [1.54, 1.807) is 7.11 Å². The van der Waals surface area contributed by atoms with Crippen LogP contribution in [0.5, 0.6) is 0 Å². The lowest BCUT2D eigenvalue weighted by Gasteiger charge is -2.23. The number of thiazole rings is 1. The molecule has 1 atom stereocenters. The van der Waals surface area contributed by atoms with E-state index >= 15 is 0 Å². The van der Waals surface area contributed by atoms with E-state index < -0.39 is 0 Å². The van der Waals surface area contributed by atoms with Crippen molar-refractivity contribution in [3.05, 3.63) is 10.6 Å². The van der Waals surface area contributed by atoms with Crippen molar-refractivity contribution in [3.63, 3.8) is 0 Å². The second-order valence-corrected chi connectivity index (χ2v) is 7.06. The van der Waals surface area contributed by atoms with Crippen LogP contribution >= 0.6 is 11.3 Å². The maximum Gasteiger partial charge on any atom is 0.185 e. The van der Waals surface area contributed by atoms with Crippen molar-refractivity contribution in [1.82, 2.24) is 10.3 Å². The third kappa shape index (κ3) is 4.66. The van der Waals surface area contributed by atoms with Crippen molar-refractivity contribution in [1.29, 1.82) is 0 Å². The summed E-state index contributed by atoms with van der Waals surface area (Å²) in [5.41, 5.74) is 1.34. The summed E-state index contributed by atoms with van der Waals surface area (Å²) < 4.78 is 5.09. The second kappa shape index (κ2) is 8.11. The summed E-state index contributed by atoms with van der Waals surface area (Å²) in [5, 5.41) is 4.64. The highest BCUT2D eigenvalue weighted by Gasteiger charge is 2.30. The molecule has 4 nitrogen and oxygen atoms in total. The fraction of sp³-hybridized carbons (Fsp3) is 0.812. The molecule has 1 aromatic heterocycles. The van der Waals surface area contributed by atoms with E-state index in [0.29, 0.717) is 12.0 Å². The Labute approximate surface area is 132 Å². The lowest BCUT2D eigenvalue weighted by molar-refractivity contribution is 0.199. The van der Waals surface area contributed by atoms with Crippen LogP contribution in [0, 0.1) is 0 Å². The molecular weight excluding hydrogens is 282 g/mol. The Kier molecular flexibility index (Phi) is 6.45. The molecule has 0 amide bonds. The summed E-state index contributed by atoms with van der Waals surface area (Å²) >= 11 is 1.86. The Balaban J connectivity index is 2.02. The normalized spacial score (nSPS) is 16.2. The number of ether oxygens (including phenoxy) is 1. The molecular formula is C16H29N3OS. The molecule has 1 heterocycles. The largest absolute Gasteiger partial charge is 0.383 e. The average Bonchev–Trinajstić information content (AvgIpc) is 3.23. The number of anilines is 1. The Morgan fingerprint density at radius 2 is 2.24 bits per heavy atom. The summed E-state index contributed by atoms with van der Waals surface area (Å²) in [4.78, 5) is 8.71. The molecule has 1 fully saturated rings. The SMILES string of the molecule is CCCC(C)N(C)c1nc(C2CC2)c(CNCCOC)s1. The molecule has 2 rings (SSSR count). The van der Waals surface area contributed by atoms with Crippen LogP contribution in [-0.4, -0.2) is 38.3 Å². The highest BCUT2D eigenvalue weighted by Crippen LogP contribution is 2.44. The van der Waals surface area contributed by atoms with Gasteiger partial charge in [-0.3, -0.25) is 0 Å². The second-order valence-electron chi connectivity index (χ2n) is 6.00. The number of rotatable bonds is 10. The van der Waals surface area contributed by atoms with Crippen molar-refractivity contribution < 1.29 is 4.74 Å². The van der Waals surface area contributed by atoms with Gasteiger partial charge in [0.05, 0.1) is 12.3 Å². The number of aromatic nitrogens is 1. The molecule has 0 saturated heterocycles.